The molecule has 1 heterocycles. The van der Waals surface area contributed by atoms with Crippen LogP contribution in [0.3, 0.4) is 0 Å². The predicted molar refractivity (Wildman–Crippen MR) is 84.4 cm³/mol. The van der Waals surface area contributed by atoms with E-state index in [0.29, 0.717) is 12.1 Å². The summed E-state index contributed by atoms with van der Waals surface area (Å²) >= 11 is 0. The lowest BCUT2D eigenvalue weighted by molar-refractivity contribution is -0.116. The van der Waals surface area contributed by atoms with E-state index in [0.717, 1.165) is 29.0 Å². The molecule has 0 saturated carbocycles. The van der Waals surface area contributed by atoms with Crippen LogP contribution in [0.2, 0.25) is 0 Å². The Hall–Kier alpha value is -2.43. The van der Waals surface area contributed by atoms with Gasteiger partial charge in [0.1, 0.15) is 17.1 Å². The van der Waals surface area contributed by atoms with Crippen LogP contribution in [0, 0.1) is 5.41 Å². The number of rotatable bonds is 3. The average Bonchev–Trinajstić information content (AvgIpc) is 2.94. The molecule has 0 atom stereocenters. The number of carbonyl (C=O) groups excluding carboxylic acids is 1. The van der Waals surface area contributed by atoms with E-state index in [1.807, 2.05) is 24.3 Å². The third-order valence-electron chi connectivity index (χ3n) is 3.87. The van der Waals surface area contributed by atoms with Crippen LogP contribution in [0.25, 0.3) is 16.8 Å². The first-order chi connectivity index (χ1) is 10.5. The number of benzene rings is 1. The molecule has 1 aliphatic rings. The Bertz CT molecular complexity index is 744. The van der Waals surface area contributed by atoms with Gasteiger partial charge in [-0.15, -0.1) is 0 Å². The second kappa shape index (κ2) is 5.40. The van der Waals surface area contributed by atoms with Gasteiger partial charge in [0.15, 0.2) is 5.78 Å². The van der Waals surface area contributed by atoms with Crippen LogP contribution in [0.15, 0.2) is 30.3 Å². The molecule has 0 fully saturated rings. The van der Waals surface area contributed by atoms with Gasteiger partial charge in [-0.3, -0.25) is 4.79 Å². The van der Waals surface area contributed by atoms with Crippen molar-refractivity contribution in [1.29, 1.82) is 0 Å². The molecule has 5 nitrogen and oxygen atoms in total. The van der Waals surface area contributed by atoms with Crippen molar-refractivity contribution in [3.05, 3.63) is 36.0 Å². The summed E-state index contributed by atoms with van der Waals surface area (Å²) in [4.78, 5) is 12.0. The van der Waals surface area contributed by atoms with Gasteiger partial charge >= 0.3 is 0 Å². The standard InChI is InChI=1S/C17H19N3O2/c1-17(2)9-11(8-12(21)10-17)15-16(19-20-18-15)13-6-4-5-7-14(13)22-3/h4-8H,9-10H2,1-3H3,(H,18,19,20). The molecule has 0 radical (unpaired) electrons. The van der Waals surface area contributed by atoms with Gasteiger partial charge in [-0.25, -0.2) is 0 Å². The summed E-state index contributed by atoms with van der Waals surface area (Å²) in [6.07, 6.45) is 3.06. The van der Waals surface area contributed by atoms with Crippen LogP contribution < -0.4 is 4.74 Å². The van der Waals surface area contributed by atoms with E-state index in [4.69, 9.17) is 4.74 Å². The van der Waals surface area contributed by atoms with Gasteiger partial charge in [-0.2, -0.15) is 15.4 Å². The SMILES string of the molecule is COc1ccccc1-c1n[nH]nc1C1=CC(=O)CC(C)(C)C1. The number of allylic oxidation sites excluding steroid dienone is 2. The van der Waals surface area contributed by atoms with E-state index < -0.39 is 0 Å². The summed E-state index contributed by atoms with van der Waals surface area (Å²) in [6.45, 7) is 4.20. The molecule has 0 saturated heterocycles. The molecule has 1 aromatic heterocycles. The van der Waals surface area contributed by atoms with Gasteiger partial charge in [0, 0.05) is 12.0 Å². The third-order valence-corrected chi connectivity index (χ3v) is 3.87. The molecule has 0 bridgehead atoms. The normalized spacial score (nSPS) is 17.2. The molecule has 0 amide bonds. The van der Waals surface area contributed by atoms with Crippen molar-refractivity contribution in [2.45, 2.75) is 26.7 Å². The van der Waals surface area contributed by atoms with Crippen LogP contribution in [-0.2, 0) is 4.79 Å². The summed E-state index contributed by atoms with van der Waals surface area (Å²) in [5, 5.41) is 11.2. The second-order valence-electron chi connectivity index (χ2n) is 6.37. The molecule has 1 aliphatic carbocycles. The van der Waals surface area contributed by atoms with E-state index in [9.17, 15) is 4.79 Å². The lowest BCUT2D eigenvalue weighted by Crippen LogP contribution is -2.21. The van der Waals surface area contributed by atoms with Crippen LogP contribution in [0.4, 0.5) is 0 Å². The van der Waals surface area contributed by atoms with Crippen LogP contribution in [0.1, 0.15) is 32.4 Å². The molecule has 3 rings (SSSR count). The Balaban J connectivity index is 2.08. The number of para-hydroxylation sites is 1. The fourth-order valence-corrected chi connectivity index (χ4v) is 2.98. The molecule has 5 heteroatoms. The van der Waals surface area contributed by atoms with Crippen molar-refractivity contribution in [2.75, 3.05) is 7.11 Å². The topological polar surface area (TPSA) is 67.9 Å². The third kappa shape index (κ3) is 2.66. The molecule has 2 aromatic rings. The van der Waals surface area contributed by atoms with Gasteiger partial charge in [-0.05, 0) is 35.6 Å². The maximum absolute atomic E-state index is 12.0. The van der Waals surface area contributed by atoms with Gasteiger partial charge < -0.3 is 4.74 Å². The van der Waals surface area contributed by atoms with E-state index in [1.54, 1.807) is 13.2 Å². The molecule has 0 aliphatic heterocycles. The minimum Gasteiger partial charge on any atom is -0.496 e. The Morgan fingerprint density at radius 2 is 1.86 bits per heavy atom. The number of ketones is 1. The zero-order chi connectivity index (χ0) is 15.7. The number of aromatic amines is 1. The van der Waals surface area contributed by atoms with E-state index in [1.165, 1.54) is 0 Å². The number of H-pyrrole nitrogens is 1. The molecular formula is C17H19N3O2. The predicted octanol–water partition coefficient (Wildman–Crippen LogP) is 3.25. The van der Waals surface area contributed by atoms with Crippen molar-refractivity contribution in [3.63, 3.8) is 0 Å². The van der Waals surface area contributed by atoms with E-state index in [-0.39, 0.29) is 11.2 Å². The molecular weight excluding hydrogens is 278 g/mol. The highest BCUT2D eigenvalue weighted by Gasteiger charge is 2.30. The molecule has 0 unspecified atom stereocenters. The van der Waals surface area contributed by atoms with Gasteiger partial charge in [0.2, 0.25) is 0 Å². The highest BCUT2D eigenvalue weighted by molar-refractivity contribution is 6.00. The van der Waals surface area contributed by atoms with Crippen molar-refractivity contribution in [3.8, 4) is 17.0 Å². The Kier molecular flexibility index (Phi) is 3.56. The molecule has 1 aromatic carbocycles. The summed E-state index contributed by atoms with van der Waals surface area (Å²) in [7, 11) is 1.63. The van der Waals surface area contributed by atoms with E-state index >= 15 is 0 Å². The van der Waals surface area contributed by atoms with Crippen molar-refractivity contribution in [2.24, 2.45) is 5.41 Å². The average molecular weight is 297 g/mol. The summed E-state index contributed by atoms with van der Waals surface area (Å²) in [6, 6.07) is 7.67. The highest BCUT2D eigenvalue weighted by atomic mass is 16.5. The van der Waals surface area contributed by atoms with Crippen LogP contribution in [0.5, 0.6) is 5.75 Å². The van der Waals surface area contributed by atoms with Crippen molar-refractivity contribution in [1.82, 2.24) is 15.4 Å². The molecule has 114 valence electrons. The molecule has 0 spiro atoms. The first kappa shape index (κ1) is 14.5. The van der Waals surface area contributed by atoms with Gasteiger partial charge in [0.05, 0.1) is 7.11 Å². The molecule has 22 heavy (non-hydrogen) atoms. The number of hydrogen-bond donors (Lipinski definition) is 1. The number of carbonyl (C=O) groups is 1. The lowest BCUT2D eigenvalue weighted by Gasteiger charge is -2.28. The van der Waals surface area contributed by atoms with Crippen molar-refractivity contribution >= 4 is 11.4 Å². The van der Waals surface area contributed by atoms with Crippen LogP contribution >= 0.6 is 0 Å². The summed E-state index contributed by atoms with van der Waals surface area (Å²) < 4.78 is 5.41. The highest BCUT2D eigenvalue weighted by Crippen LogP contribution is 2.40. The fourth-order valence-electron chi connectivity index (χ4n) is 2.98. The van der Waals surface area contributed by atoms with Crippen LogP contribution in [-0.4, -0.2) is 28.3 Å². The number of hydrogen-bond acceptors (Lipinski definition) is 4. The first-order valence-corrected chi connectivity index (χ1v) is 7.28. The Morgan fingerprint density at radius 3 is 2.59 bits per heavy atom. The maximum Gasteiger partial charge on any atom is 0.156 e. The Labute approximate surface area is 129 Å². The number of methoxy groups -OCH3 is 1. The maximum atomic E-state index is 12.0. The van der Waals surface area contributed by atoms with Gasteiger partial charge in [-0.1, -0.05) is 26.0 Å². The summed E-state index contributed by atoms with van der Waals surface area (Å²) in [5.74, 6) is 0.875. The number of nitrogens with zero attached hydrogens (tertiary/aromatic N) is 2. The zero-order valence-electron chi connectivity index (χ0n) is 13.0. The number of nitrogens with one attached hydrogen (secondary N) is 1. The smallest absolute Gasteiger partial charge is 0.156 e. The van der Waals surface area contributed by atoms with Gasteiger partial charge in [0.25, 0.3) is 0 Å². The fraction of sp³-hybridized carbons (Fsp3) is 0.353. The van der Waals surface area contributed by atoms with Crippen molar-refractivity contribution < 1.29 is 9.53 Å². The Morgan fingerprint density at radius 1 is 1.14 bits per heavy atom. The zero-order valence-corrected chi connectivity index (χ0v) is 13.0. The largest absolute Gasteiger partial charge is 0.496 e. The quantitative estimate of drug-likeness (QED) is 0.944. The number of ether oxygens (including phenoxy) is 1. The monoisotopic (exact) mass is 297 g/mol. The minimum absolute atomic E-state index is 0.0574. The second-order valence-corrected chi connectivity index (χ2v) is 6.37. The van der Waals surface area contributed by atoms with E-state index in [2.05, 4.69) is 29.3 Å². The first-order valence-electron chi connectivity index (χ1n) is 7.28. The number of aromatic nitrogens is 3. The lowest BCUT2D eigenvalue weighted by atomic mass is 9.75. The molecule has 1 N–H and O–H groups in total. The minimum atomic E-state index is -0.0574. The summed E-state index contributed by atoms with van der Waals surface area (Å²) in [5.41, 5.74) is 3.18.